The second-order valence-electron chi connectivity index (χ2n) is 6.72. The highest BCUT2D eigenvalue weighted by Gasteiger charge is 2.17. The van der Waals surface area contributed by atoms with Crippen molar-refractivity contribution in [3.63, 3.8) is 0 Å². The Hall–Kier alpha value is -2.78. The number of aryl methyl sites for hydroxylation is 2. The van der Waals surface area contributed by atoms with Gasteiger partial charge in [-0.3, -0.25) is 9.36 Å². The Balaban J connectivity index is 1.46. The van der Waals surface area contributed by atoms with E-state index < -0.39 is 0 Å². The zero-order valence-electron chi connectivity index (χ0n) is 16.1. The van der Waals surface area contributed by atoms with Crippen molar-refractivity contribution in [2.45, 2.75) is 33.4 Å². The number of benzene rings is 1. The van der Waals surface area contributed by atoms with Crippen molar-refractivity contribution in [1.82, 2.24) is 29.8 Å². The number of rotatable bonds is 6. The van der Waals surface area contributed by atoms with E-state index in [0.717, 1.165) is 16.4 Å². The van der Waals surface area contributed by atoms with Gasteiger partial charge in [0.2, 0.25) is 5.13 Å². The summed E-state index contributed by atoms with van der Waals surface area (Å²) in [5, 5.41) is 22.4. The van der Waals surface area contributed by atoms with E-state index in [0.29, 0.717) is 21.5 Å². The summed E-state index contributed by atoms with van der Waals surface area (Å²) in [5.74, 6) is 0.244. The Labute approximate surface area is 176 Å². The molecule has 0 radical (unpaired) electrons. The summed E-state index contributed by atoms with van der Waals surface area (Å²) in [6.07, 6.45) is 1.76. The molecular weight excluding hydrogens is 413 g/mol. The summed E-state index contributed by atoms with van der Waals surface area (Å²) >= 11 is 7.53. The van der Waals surface area contributed by atoms with Gasteiger partial charge < -0.3 is 5.32 Å². The predicted molar refractivity (Wildman–Crippen MR) is 111 cm³/mol. The number of anilines is 2. The maximum atomic E-state index is 14.0. The molecule has 1 N–H and O–H groups in total. The number of nitrogens with zero attached hydrogens (tertiary/aromatic N) is 6. The summed E-state index contributed by atoms with van der Waals surface area (Å²) in [6.45, 7) is 6.26. The maximum Gasteiger partial charge on any atom is 0.211 e. The SMILES string of the molecule is Cc1cc(C)n(C(C)c2nnc(Nc3ccn(Cc4c(F)cccc4Cl)n3)s2)n1. The van der Waals surface area contributed by atoms with Gasteiger partial charge in [0.05, 0.1) is 12.2 Å². The van der Waals surface area contributed by atoms with Crippen LogP contribution >= 0.6 is 22.9 Å². The standard InChI is InChI=1S/C19H19ClFN7S/c1-11-9-12(2)28(25-11)13(3)18-23-24-19(29-18)22-17-7-8-27(26-17)10-14-15(20)5-4-6-16(14)21/h4-9,13H,10H2,1-3H3,(H,22,24,26). The first-order valence-corrected chi connectivity index (χ1v) is 10.2. The lowest BCUT2D eigenvalue weighted by Gasteiger charge is -2.10. The molecule has 1 atom stereocenters. The molecule has 0 saturated carbocycles. The lowest BCUT2D eigenvalue weighted by molar-refractivity contribution is 0.540. The summed E-state index contributed by atoms with van der Waals surface area (Å²) in [5.41, 5.74) is 2.45. The summed E-state index contributed by atoms with van der Waals surface area (Å²) in [4.78, 5) is 0. The Morgan fingerprint density at radius 2 is 2.03 bits per heavy atom. The first-order chi connectivity index (χ1) is 13.9. The van der Waals surface area contributed by atoms with Crippen molar-refractivity contribution in [1.29, 1.82) is 0 Å². The van der Waals surface area contributed by atoms with Crippen molar-refractivity contribution in [2.75, 3.05) is 5.32 Å². The number of nitrogens with one attached hydrogen (secondary N) is 1. The van der Waals surface area contributed by atoms with Crippen LogP contribution < -0.4 is 5.32 Å². The molecule has 3 heterocycles. The van der Waals surface area contributed by atoms with Crippen LogP contribution in [0.4, 0.5) is 15.3 Å². The van der Waals surface area contributed by atoms with Gasteiger partial charge in [0.1, 0.15) is 16.9 Å². The summed E-state index contributed by atoms with van der Waals surface area (Å²) in [6, 6.07) is 8.44. The topological polar surface area (TPSA) is 73.5 Å². The molecule has 0 amide bonds. The number of halogens is 2. The molecule has 0 aliphatic rings. The van der Waals surface area contributed by atoms with Crippen LogP contribution in [0.25, 0.3) is 0 Å². The first kappa shape index (κ1) is 19.5. The van der Waals surface area contributed by atoms with Crippen LogP contribution in [0.5, 0.6) is 0 Å². The van der Waals surface area contributed by atoms with E-state index in [1.165, 1.54) is 17.4 Å². The van der Waals surface area contributed by atoms with Gasteiger partial charge in [0.25, 0.3) is 0 Å². The van der Waals surface area contributed by atoms with Gasteiger partial charge in [-0.25, -0.2) is 4.39 Å². The first-order valence-electron chi connectivity index (χ1n) is 9.00. The minimum absolute atomic E-state index is 0.0162. The Kier molecular flexibility index (Phi) is 5.33. The largest absolute Gasteiger partial charge is 0.313 e. The lowest BCUT2D eigenvalue weighted by atomic mass is 10.2. The van der Waals surface area contributed by atoms with E-state index in [1.807, 2.05) is 31.5 Å². The molecule has 0 fully saturated rings. The fourth-order valence-electron chi connectivity index (χ4n) is 3.07. The van der Waals surface area contributed by atoms with Crippen molar-refractivity contribution in [3.8, 4) is 0 Å². The molecule has 3 aromatic heterocycles. The van der Waals surface area contributed by atoms with Gasteiger partial charge in [0, 0.05) is 28.5 Å². The highest BCUT2D eigenvalue weighted by atomic mass is 35.5. The predicted octanol–water partition coefficient (Wildman–Crippen LogP) is 4.74. The smallest absolute Gasteiger partial charge is 0.211 e. The van der Waals surface area contributed by atoms with E-state index in [-0.39, 0.29) is 18.4 Å². The van der Waals surface area contributed by atoms with Gasteiger partial charge in [-0.2, -0.15) is 10.2 Å². The molecule has 0 aliphatic carbocycles. The number of hydrogen-bond acceptors (Lipinski definition) is 6. The van der Waals surface area contributed by atoms with Gasteiger partial charge >= 0.3 is 0 Å². The lowest BCUT2D eigenvalue weighted by Crippen LogP contribution is -2.10. The van der Waals surface area contributed by atoms with Gasteiger partial charge in [-0.05, 0) is 39.0 Å². The fraction of sp³-hybridized carbons (Fsp3) is 0.263. The van der Waals surface area contributed by atoms with Crippen molar-refractivity contribution >= 4 is 33.9 Å². The monoisotopic (exact) mass is 431 g/mol. The molecule has 10 heteroatoms. The third kappa shape index (κ3) is 4.15. The normalized spacial score (nSPS) is 12.3. The number of aromatic nitrogens is 6. The molecule has 0 spiro atoms. The highest BCUT2D eigenvalue weighted by Crippen LogP contribution is 2.27. The Bertz CT molecular complexity index is 1130. The molecule has 4 aromatic rings. The van der Waals surface area contributed by atoms with Crippen LogP contribution in [0.1, 0.15) is 34.9 Å². The van der Waals surface area contributed by atoms with E-state index in [2.05, 4.69) is 25.7 Å². The quantitative estimate of drug-likeness (QED) is 0.477. The molecule has 7 nitrogen and oxygen atoms in total. The molecule has 0 saturated heterocycles. The van der Waals surface area contributed by atoms with Crippen LogP contribution in [0.2, 0.25) is 5.02 Å². The minimum Gasteiger partial charge on any atom is -0.313 e. The van der Waals surface area contributed by atoms with Crippen LogP contribution in [0.15, 0.2) is 36.5 Å². The molecule has 0 bridgehead atoms. The van der Waals surface area contributed by atoms with Crippen molar-refractivity contribution in [2.24, 2.45) is 0 Å². The van der Waals surface area contributed by atoms with E-state index >= 15 is 0 Å². The molecule has 0 aliphatic heterocycles. The van der Waals surface area contributed by atoms with E-state index in [9.17, 15) is 4.39 Å². The highest BCUT2D eigenvalue weighted by molar-refractivity contribution is 7.15. The number of hydrogen-bond donors (Lipinski definition) is 1. The third-order valence-corrected chi connectivity index (χ3v) is 5.83. The van der Waals surface area contributed by atoms with Crippen LogP contribution in [-0.2, 0) is 6.54 Å². The second-order valence-corrected chi connectivity index (χ2v) is 8.13. The molecule has 1 aromatic carbocycles. The molecular formula is C19H19ClFN7S. The second kappa shape index (κ2) is 7.92. The molecule has 150 valence electrons. The van der Waals surface area contributed by atoms with Gasteiger partial charge in [0.15, 0.2) is 5.82 Å². The van der Waals surface area contributed by atoms with Crippen LogP contribution in [-0.4, -0.2) is 29.8 Å². The van der Waals surface area contributed by atoms with Gasteiger partial charge in [-0.1, -0.05) is 29.0 Å². The van der Waals surface area contributed by atoms with Crippen molar-refractivity contribution in [3.05, 3.63) is 69.3 Å². The summed E-state index contributed by atoms with van der Waals surface area (Å²) in [7, 11) is 0. The summed E-state index contributed by atoms with van der Waals surface area (Å²) < 4.78 is 17.5. The molecule has 1 unspecified atom stereocenters. The minimum atomic E-state index is -0.352. The fourth-order valence-corrected chi connectivity index (χ4v) is 4.08. The van der Waals surface area contributed by atoms with E-state index in [1.54, 1.807) is 29.1 Å². The molecule has 29 heavy (non-hydrogen) atoms. The zero-order chi connectivity index (χ0) is 20.5. The van der Waals surface area contributed by atoms with Crippen LogP contribution in [0.3, 0.4) is 0 Å². The average Bonchev–Trinajstić information content (AvgIpc) is 3.39. The van der Waals surface area contributed by atoms with Gasteiger partial charge in [-0.15, -0.1) is 10.2 Å². The van der Waals surface area contributed by atoms with Crippen molar-refractivity contribution < 1.29 is 4.39 Å². The average molecular weight is 432 g/mol. The maximum absolute atomic E-state index is 14.0. The van der Waals surface area contributed by atoms with E-state index in [4.69, 9.17) is 11.6 Å². The Morgan fingerprint density at radius 3 is 2.76 bits per heavy atom. The third-order valence-electron chi connectivity index (χ3n) is 4.47. The molecule has 4 rings (SSSR count). The zero-order valence-corrected chi connectivity index (χ0v) is 17.7. The van der Waals surface area contributed by atoms with Crippen LogP contribution in [0, 0.1) is 19.7 Å². The Morgan fingerprint density at radius 1 is 1.21 bits per heavy atom.